The van der Waals surface area contributed by atoms with E-state index < -0.39 is 0 Å². The van der Waals surface area contributed by atoms with Gasteiger partial charge in [-0.15, -0.1) is 0 Å². The Morgan fingerprint density at radius 3 is 2.94 bits per heavy atom. The summed E-state index contributed by atoms with van der Waals surface area (Å²) in [6.07, 6.45) is 7.59. The van der Waals surface area contributed by atoms with E-state index in [0.29, 0.717) is 5.02 Å². The summed E-state index contributed by atoms with van der Waals surface area (Å²) in [6, 6.07) is 1.85. The monoisotopic (exact) mass is 322 g/mol. The predicted molar refractivity (Wildman–Crippen MR) is 77.7 cm³/mol. The van der Waals surface area contributed by atoms with Gasteiger partial charge < -0.3 is 5.32 Å². The van der Waals surface area contributed by atoms with Crippen molar-refractivity contribution in [3.05, 3.63) is 21.8 Å². The van der Waals surface area contributed by atoms with Gasteiger partial charge in [0, 0.05) is 17.2 Å². The van der Waals surface area contributed by atoms with Crippen LogP contribution in [0, 0.1) is 0 Å². The number of nitrogens with zero attached hydrogens (tertiary/aromatic N) is 1. The van der Waals surface area contributed by atoms with Gasteiger partial charge >= 0.3 is 0 Å². The third kappa shape index (κ3) is 5.41. The number of aromatic nitrogens is 1. The lowest BCUT2D eigenvalue weighted by molar-refractivity contribution is 0.748. The summed E-state index contributed by atoms with van der Waals surface area (Å²) in [5.74, 6) is 2.02. The first kappa shape index (κ1) is 14.1. The Bertz CT molecular complexity index is 323. The molecule has 0 aliphatic rings. The molecule has 0 bridgehead atoms. The molecule has 0 aliphatic carbocycles. The lowest BCUT2D eigenvalue weighted by atomic mass is 10.2. The molecule has 0 radical (unpaired) electrons. The summed E-state index contributed by atoms with van der Waals surface area (Å²) >= 11 is 11.3. The minimum Gasteiger partial charge on any atom is -0.369 e. The Balaban J connectivity index is 2.21. The third-order valence-corrected chi connectivity index (χ3v) is 3.54. The molecule has 1 rings (SSSR count). The topological polar surface area (TPSA) is 24.9 Å². The van der Waals surface area contributed by atoms with Crippen molar-refractivity contribution in [2.24, 2.45) is 0 Å². The molecule has 1 heterocycles. The molecule has 90 valence electrons. The fraction of sp³-hybridized carbons (Fsp3) is 0.545. The maximum absolute atomic E-state index is 6.03. The summed E-state index contributed by atoms with van der Waals surface area (Å²) in [5.41, 5.74) is 0. The summed E-state index contributed by atoms with van der Waals surface area (Å²) in [5, 5.41) is 3.91. The number of unbranched alkanes of at least 4 members (excludes halogenated alkanes) is 2. The van der Waals surface area contributed by atoms with Crippen molar-refractivity contribution < 1.29 is 0 Å². The molecule has 5 heteroatoms. The first-order valence-corrected chi connectivity index (χ1v) is 7.84. The number of anilines is 1. The Morgan fingerprint density at radius 2 is 2.25 bits per heavy atom. The summed E-state index contributed by atoms with van der Waals surface area (Å²) in [6.45, 7) is 0.933. The molecule has 0 aromatic carbocycles. The molecule has 1 N–H and O–H groups in total. The first-order valence-electron chi connectivity index (χ1n) is 5.28. The van der Waals surface area contributed by atoms with Crippen LogP contribution in [-0.4, -0.2) is 23.5 Å². The van der Waals surface area contributed by atoms with Crippen molar-refractivity contribution in [2.75, 3.05) is 23.9 Å². The number of halogens is 2. The molecular weight excluding hydrogens is 308 g/mol. The van der Waals surface area contributed by atoms with E-state index in [1.807, 2.05) is 17.8 Å². The largest absolute Gasteiger partial charge is 0.369 e. The normalized spacial score (nSPS) is 10.4. The zero-order valence-electron chi connectivity index (χ0n) is 9.30. The average Bonchev–Trinajstić information content (AvgIpc) is 2.26. The lowest BCUT2D eigenvalue weighted by Crippen LogP contribution is -2.03. The Labute approximate surface area is 115 Å². The molecule has 0 spiro atoms. The maximum Gasteiger partial charge on any atom is 0.144 e. The van der Waals surface area contributed by atoms with E-state index in [1.54, 1.807) is 6.20 Å². The molecule has 0 unspecified atom stereocenters. The quantitative estimate of drug-likeness (QED) is 0.751. The highest BCUT2D eigenvalue weighted by Gasteiger charge is 2.01. The minimum atomic E-state index is 0.665. The molecule has 0 atom stereocenters. The van der Waals surface area contributed by atoms with Gasteiger partial charge in [-0.1, -0.05) is 18.0 Å². The Kier molecular flexibility index (Phi) is 7.25. The number of nitrogens with one attached hydrogen (secondary N) is 1. The predicted octanol–water partition coefficient (Wildman–Crippen LogP) is 4.44. The zero-order valence-corrected chi connectivity index (χ0v) is 12.5. The molecule has 0 fully saturated rings. The Morgan fingerprint density at radius 1 is 1.44 bits per heavy atom. The number of pyridine rings is 1. The molecule has 16 heavy (non-hydrogen) atoms. The molecule has 0 saturated carbocycles. The fourth-order valence-electron chi connectivity index (χ4n) is 1.30. The molecule has 1 aromatic rings. The highest BCUT2D eigenvalue weighted by molar-refractivity contribution is 9.10. The van der Waals surface area contributed by atoms with Crippen LogP contribution in [0.25, 0.3) is 0 Å². The summed E-state index contributed by atoms with van der Waals surface area (Å²) in [4.78, 5) is 4.22. The van der Waals surface area contributed by atoms with Crippen molar-refractivity contribution in [1.82, 2.24) is 4.98 Å². The number of rotatable bonds is 7. The van der Waals surface area contributed by atoms with Crippen LogP contribution in [0.5, 0.6) is 0 Å². The van der Waals surface area contributed by atoms with Gasteiger partial charge in [0.05, 0.1) is 5.02 Å². The van der Waals surface area contributed by atoms with E-state index in [0.717, 1.165) is 23.3 Å². The van der Waals surface area contributed by atoms with Crippen LogP contribution in [0.4, 0.5) is 5.82 Å². The SMILES string of the molecule is CSCCCCCNc1ncc(Br)cc1Cl. The van der Waals surface area contributed by atoms with Gasteiger partial charge in [-0.2, -0.15) is 11.8 Å². The van der Waals surface area contributed by atoms with Crippen molar-refractivity contribution in [3.63, 3.8) is 0 Å². The number of hydrogen-bond acceptors (Lipinski definition) is 3. The van der Waals surface area contributed by atoms with Gasteiger partial charge in [0.15, 0.2) is 0 Å². The van der Waals surface area contributed by atoms with Gasteiger partial charge in [0.25, 0.3) is 0 Å². The second-order valence-corrected chi connectivity index (χ2v) is 5.77. The third-order valence-electron chi connectivity index (χ3n) is 2.13. The summed E-state index contributed by atoms with van der Waals surface area (Å²) in [7, 11) is 0. The van der Waals surface area contributed by atoms with E-state index in [9.17, 15) is 0 Å². The second kappa shape index (κ2) is 8.20. The van der Waals surface area contributed by atoms with Gasteiger partial charge in [0.2, 0.25) is 0 Å². The fourth-order valence-corrected chi connectivity index (χ4v) is 2.49. The van der Waals surface area contributed by atoms with Crippen LogP contribution in [0.1, 0.15) is 19.3 Å². The van der Waals surface area contributed by atoms with Crippen LogP contribution in [0.2, 0.25) is 5.02 Å². The van der Waals surface area contributed by atoms with Crippen molar-refractivity contribution >= 4 is 45.1 Å². The van der Waals surface area contributed by atoms with Gasteiger partial charge in [0.1, 0.15) is 5.82 Å². The van der Waals surface area contributed by atoms with E-state index in [2.05, 4.69) is 32.5 Å². The van der Waals surface area contributed by atoms with E-state index >= 15 is 0 Å². The van der Waals surface area contributed by atoms with Crippen molar-refractivity contribution in [1.29, 1.82) is 0 Å². The van der Waals surface area contributed by atoms with E-state index in [-0.39, 0.29) is 0 Å². The molecular formula is C11H16BrClN2S. The minimum absolute atomic E-state index is 0.665. The molecule has 0 aliphatic heterocycles. The van der Waals surface area contributed by atoms with E-state index in [1.165, 1.54) is 18.6 Å². The lowest BCUT2D eigenvalue weighted by Gasteiger charge is -2.07. The highest BCUT2D eigenvalue weighted by atomic mass is 79.9. The van der Waals surface area contributed by atoms with Crippen LogP contribution >= 0.6 is 39.3 Å². The number of hydrogen-bond donors (Lipinski definition) is 1. The van der Waals surface area contributed by atoms with Crippen LogP contribution in [0.15, 0.2) is 16.7 Å². The highest BCUT2D eigenvalue weighted by Crippen LogP contribution is 2.22. The first-order chi connectivity index (χ1) is 7.74. The standard InChI is InChI=1S/C11H16BrClN2S/c1-16-6-4-2-3-5-14-11-10(13)7-9(12)8-15-11/h7-8H,2-6H2,1H3,(H,14,15). The van der Waals surface area contributed by atoms with Gasteiger partial charge in [-0.25, -0.2) is 4.98 Å². The van der Waals surface area contributed by atoms with E-state index in [4.69, 9.17) is 11.6 Å². The van der Waals surface area contributed by atoms with Crippen LogP contribution in [0.3, 0.4) is 0 Å². The van der Waals surface area contributed by atoms with Gasteiger partial charge in [-0.05, 0) is 46.8 Å². The second-order valence-electron chi connectivity index (χ2n) is 3.46. The maximum atomic E-state index is 6.03. The van der Waals surface area contributed by atoms with Crippen molar-refractivity contribution in [3.8, 4) is 0 Å². The summed E-state index contributed by atoms with van der Waals surface area (Å²) < 4.78 is 0.906. The molecule has 0 amide bonds. The molecule has 0 saturated heterocycles. The smallest absolute Gasteiger partial charge is 0.144 e. The van der Waals surface area contributed by atoms with Crippen molar-refractivity contribution in [2.45, 2.75) is 19.3 Å². The molecule has 2 nitrogen and oxygen atoms in total. The average molecular weight is 324 g/mol. The Hall–Kier alpha value is 0.0700. The molecule has 1 aromatic heterocycles. The van der Waals surface area contributed by atoms with Gasteiger partial charge in [-0.3, -0.25) is 0 Å². The zero-order chi connectivity index (χ0) is 11.8. The number of thioether (sulfide) groups is 1. The van der Waals surface area contributed by atoms with Crippen LogP contribution in [-0.2, 0) is 0 Å². The van der Waals surface area contributed by atoms with Crippen LogP contribution < -0.4 is 5.32 Å².